The smallest absolute Gasteiger partial charge is 0.254 e. The van der Waals surface area contributed by atoms with Crippen LogP contribution in [0.3, 0.4) is 0 Å². The van der Waals surface area contributed by atoms with Gasteiger partial charge in [-0.2, -0.15) is 0 Å². The van der Waals surface area contributed by atoms with E-state index < -0.39 is 5.54 Å². The minimum Gasteiger partial charge on any atom is -0.419 e. The van der Waals surface area contributed by atoms with E-state index in [2.05, 4.69) is 15.2 Å². The molecule has 2 N–H and O–H groups in total. The lowest BCUT2D eigenvalue weighted by atomic mass is 9.80. The molecule has 1 aliphatic carbocycles. The summed E-state index contributed by atoms with van der Waals surface area (Å²) >= 11 is 1.63. The van der Waals surface area contributed by atoms with E-state index in [0.29, 0.717) is 23.3 Å². The first-order valence-electron chi connectivity index (χ1n) is 12.4. The van der Waals surface area contributed by atoms with E-state index in [1.54, 1.807) is 11.3 Å². The lowest BCUT2D eigenvalue weighted by Crippen LogP contribution is -2.36. The van der Waals surface area contributed by atoms with E-state index >= 15 is 0 Å². The molecule has 34 heavy (non-hydrogen) atoms. The second-order valence-corrected chi connectivity index (χ2v) is 11.0. The number of carbonyl (C=O) groups is 1. The summed E-state index contributed by atoms with van der Waals surface area (Å²) in [5.41, 5.74) is 8.33. The van der Waals surface area contributed by atoms with Crippen LogP contribution < -0.4 is 5.73 Å². The Kier molecular flexibility index (Phi) is 6.53. The predicted octanol–water partition coefficient (Wildman–Crippen LogP) is 5.62. The number of rotatable bonds is 6. The molecule has 2 atom stereocenters. The largest absolute Gasteiger partial charge is 0.419 e. The molecular formula is C26H33N5O2S. The van der Waals surface area contributed by atoms with Gasteiger partial charge in [0.2, 0.25) is 11.8 Å². The molecule has 1 aromatic carbocycles. The van der Waals surface area contributed by atoms with Gasteiger partial charge in [0, 0.05) is 28.7 Å². The van der Waals surface area contributed by atoms with Gasteiger partial charge in [-0.1, -0.05) is 38.2 Å². The quantitative estimate of drug-likeness (QED) is 0.492. The molecule has 1 aliphatic heterocycles. The third-order valence-corrected chi connectivity index (χ3v) is 8.21. The summed E-state index contributed by atoms with van der Waals surface area (Å²) < 4.78 is 6.05. The topological polar surface area (TPSA) is 98.1 Å². The van der Waals surface area contributed by atoms with E-state index in [-0.39, 0.29) is 11.9 Å². The maximum atomic E-state index is 13.4. The Hall–Kier alpha value is -2.58. The van der Waals surface area contributed by atoms with E-state index in [0.717, 1.165) is 42.1 Å². The molecular weight excluding hydrogens is 446 g/mol. The molecule has 1 saturated heterocycles. The van der Waals surface area contributed by atoms with Crippen molar-refractivity contribution in [2.45, 2.75) is 76.8 Å². The van der Waals surface area contributed by atoms with Gasteiger partial charge in [-0.3, -0.25) is 4.79 Å². The first-order valence-corrected chi connectivity index (χ1v) is 13.2. The molecule has 5 rings (SSSR count). The molecule has 0 radical (unpaired) electrons. The van der Waals surface area contributed by atoms with Crippen molar-refractivity contribution in [1.29, 1.82) is 0 Å². The van der Waals surface area contributed by atoms with Crippen molar-refractivity contribution in [1.82, 2.24) is 20.1 Å². The zero-order chi connectivity index (χ0) is 23.7. The molecule has 2 aliphatic rings. The van der Waals surface area contributed by atoms with Gasteiger partial charge >= 0.3 is 0 Å². The highest BCUT2D eigenvalue weighted by Gasteiger charge is 2.34. The summed E-state index contributed by atoms with van der Waals surface area (Å²) in [5.74, 6) is 1.48. The molecule has 3 heterocycles. The number of likely N-dealkylation sites (tertiary alicyclic amines) is 1. The summed E-state index contributed by atoms with van der Waals surface area (Å²) in [6.45, 7) is 4.71. The highest BCUT2D eigenvalue weighted by atomic mass is 32.1. The van der Waals surface area contributed by atoms with E-state index in [1.807, 2.05) is 48.4 Å². The van der Waals surface area contributed by atoms with Crippen LogP contribution in [0.2, 0.25) is 0 Å². The molecule has 0 bridgehead atoms. The van der Waals surface area contributed by atoms with Crippen LogP contribution in [0.4, 0.5) is 0 Å². The Morgan fingerprint density at radius 2 is 2.03 bits per heavy atom. The minimum atomic E-state index is -0.657. The fourth-order valence-corrected chi connectivity index (χ4v) is 6.33. The van der Waals surface area contributed by atoms with Gasteiger partial charge in [-0.05, 0) is 57.2 Å². The van der Waals surface area contributed by atoms with Gasteiger partial charge in [0.05, 0.1) is 11.6 Å². The number of aromatic nitrogens is 3. The van der Waals surface area contributed by atoms with Crippen molar-refractivity contribution in [2.75, 3.05) is 6.54 Å². The molecule has 1 saturated carbocycles. The fraction of sp³-hybridized carbons (Fsp3) is 0.538. The van der Waals surface area contributed by atoms with Gasteiger partial charge in [0.15, 0.2) is 0 Å². The van der Waals surface area contributed by atoms with Crippen LogP contribution in [-0.4, -0.2) is 32.5 Å². The van der Waals surface area contributed by atoms with Crippen molar-refractivity contribution >= 4 is 17.2 Å². The van der Waals surface area contributed by atoms with Gasteiger partial charge in [0.1, 0.15) is 5.01 Å². The minimum absolute atomic E-state index is 0.0119. The van der Waals surface area contributed by atoms with Crippen LogP contribution in [0.25, 0.3) is 11.5 Å². The molecule has 2 fully saturated rings. The third-order valence-electron chi connectivity index (χ3n) is 7.14. The number of nitrogens with zero attached hydrogens (tertiary/aromatic N) is 4. The Labute approximate surface area is 204 Å². The number of amides is 1. The summed E-state index contributed by atoms with van der Waals surface area (Å²) in [5, 5.41) is 11.6. The lowest BCUT2D eigenvalue weighted by molar-refractivity contribution is 0.0735. The monoisotopic (exact) mass is 479 g/mol. The summed E-state index contributed by atoms with van der Waals surface area (Å²) in [6.07, 6.45) is 9.08. The molecule has 180 valence electrons. The maximum absolute atomic E-state index is 13.4. The van der Waals surface area contributed by atoms with Crippen LogP contribution in [-0.2, 0) is 5.54 Å². The van der Waals surface area contributed by atoms with Crippen molar-refractivity contribution in [3.05, 3.63) is 51.8 Å². The summed E-state index contributed by atoms with van der Waals surface area (Å²) in [4.78, 5) is 20.0. The Morgan fingerprint density at radius 3 is 2.79 bits per heavy atom. The summed E-state index contributed by atoms with van der Waals surface area (Å²) in [7, 11) is 0. The standard InChI is InChI=1S/C26H33N5O2S/c1-17-16-34-23(28-17)21-12-7-13-31(21)24(32)20-11-6-10-19(14-20)22-29-30-25(33-22)26(2,27)15-18-8-4-3-5-9-18/h6,10-11,14,16,18,21H,3-5,7-9,12-13,15,27H2,1-2H3/t21-,26-/m1/s1. The SMILES string of the molecule is Cc1csc([C@H]2CCCN2C(=O)c2cccc(-c3nnc([C@](C)(N)CC4CCCCC4)o3)c2)n1. The van der Waals surface area contributed by atoms with Crippen molar-refractivity contribution in [2.24, 2.45) is 11.7 Å². The Morgan fingerprint density at radius 1 is 1.21 bits per heavy atom. The van der Waals surface area contributed by atoms with Crippen LogP contribution in [0.5, 0.6) is 0 Å². The second-order valence-electron chi connectivity index (χ2n) is 10.1. The Bertz CT molecular complexity index is 1150. The Balaban J connectivity index is 1.33. The van der Waals surface area contributed by atoms with E-state index in [9.17, 15) is 4.79 Å². The first-order chi connectivity index (χ1) is 16.4. The van der Waals surface area contributed by atoms with Crippen molar-refractivity contribution in [3.8, 4) is 11.5 Å². The van der Waals surface area contributed by atoms with Gasteiger partial charge in [-0.15, -0.1) is 21.5 Å². The molecule has 3 aromatic rings. The number of benzene rings is 1. The normalized spacial score (nSPS) is 21.0. The second kappa shape index (κ2) is 9.58. The van der Waals surface area contributed by atoms with Crippen LogP contribution in [0.15, 0.2) is 34.1 Å². The van der Waals surface area contributed by atoms with E-state index in [4.69, 9.17) is 10.2 Å². The number of carbonyl (C=O) groups excluding carboxylic acids is 1. The zero-order valence-corrected chi connectivity index (χ0v) is 20.8. The first kappa shape index (κ1) is 23.2. The average Bonchev–Trinajstić information content (AvgIpc) is 3.59. The number of hydrogen-bond donors (Lipinski definition) is 1. The van der Waals surface area contributed by atoms with Gasteiger partial charge < -0.3 is 15.1 Å². The predicted molar refractivity (Wildman–Crippen MR) is 132 cm³/mol. The molecule has 8 heteroatoms. The average molecular weight is 480 g/mol. The molecule has 0 spiro atoms. The number of nitrogens with two attached hydrogens (primary N) is 1. The van der Waals surface area contributed by atoms with Crippen LogP contribution >= 0.6 is 11.3 Å². The zero-order valence-electron chi connectivity index (χ0n) is 20.0. The van der Waals surface area contributed by atoms with Gasteiger partial charge in [0.25, 0.3) is 5.91 Å². The number of hydrogen-bond acceptors (Lipinski definition) is 7. The molecule has 1 amide bonds. The molecule has 0 unspecified atom stereocenters. The number of aryl methyl sites for hydroxylation is 1. The third kappa shape index (κ3) is 4.79. The van der Waals surface area contributed by atoms with Crippen LogP contribution in [0, 0.1) is 12.8 Å². The molecule has 2 aromatic heterocycles. The van der Waals surface area contributed by atoms with Crippen LogP contribution in [0.1, 0.15) is 91.3 Å². The lowest BCUT2D eigenvalue weighted by Gasteiger charge is -2.29. The van der Waals surface area contributed by atoms with Crippen molar-refractivity contribution in [3.63, 3.8) is 0 Å². The number of thiazole rings is 1. The van der Waals surface area contributed by atoms with E-state index in [1.165, 1.54) is 32.1 Å². The van der Waals surface area contributed by atoms with Crippen molar-refractivity contribution < 1.29 is 9.21 Å². The van der Waals surface area contributed by atoms with Gasteiger partial charge in [-0.25, -0.2) is 4.98 Å². The fourth-order valence-electron chi connectivity index (χ4n) is 5.39. The maximum Gasteiger partial charge on any atom is 0.254 e. The highest BCUT2D eigenvalue weighted by Crippen LogP contribution is 2.36. The highest BCUT2D eigenvalue weighted by molar-refractivity contribution is 7.09. The molecule has 7 nitrogen and oxygen atoms in total. The summed E-state index contributed by atoms with van der Waals surface area (Å²) in [6, 6.07) is 7.50.